The Morgan fingerprint density at radius 2 is 2.12 bits per heavy atom. The second-order valence-corrected chi connectivity index (χ2v) is 4.35. The molecule has 1 aliphatic rings. The number of esters is 1. The van der Waals surface area contributed by atoms with Crippen LogP contribution in [0.3, 0.4) is 0 Å². The van der Waals surface area contributed by atoms with E-state index in [0.717, 1.165) is 5.75 Å². The van der Waals surface area contributed by atoms with Crippen LogP contribution in [0.1, 0.15) is 6.42 Å². The van der Waals surface area contributed by atoms with Crippen LogP contribution in [0.5, 0.6) is 5.75 Å². The molecule has 0 spiro atoms. The van der Waals surface area contributed by atoms with Crippen molar-refractivity contribution >= 4 is 17.6 Å². The van der Waals surface area contributed by atoms with E-state index in [2.05, 4.69) is 10.1 Å². The molecule has 1 aromatic carbocycles. The summed E-state index contributed by atoms with van der Waals surface area (Å²) in [5.74, 6) is 0.513. The van der Waals surface area contributed by atoms with E-state index in [0.29, 0.717) is 18.0 Å². The van der Waals surface area contributed by atoms with Gasteiger partial charge in [0.1, 0.15) is 17.9 Å². The SMILES string of the molecule is COC(=O)C1CC(Oc2ccc(Cl)cc2)CN1. The van der Waals surface area contributed by atoms with Crippen molar-refractivity contribution in [2.45, 2.75) is 18.6 Å². The van der Waals surface area contributed by atoms with E-state index in [1.807, 2.05) is 12.1 Å². The number of hydrogen-bond donors (Lipinski definition) is 1. The molecule has 1 N–H and O–H groups in total. The van der Waals surface area contributed by atoms with Crippen LogP contribution in [0.4, 0.5) is 0 Å². The summed E-state index contributed by atoms with van der Waals surface area (Å²) in [6.45, 7) is 0.641. The van der Waals surface area contributed by atoms with Crippen molar-refractivity contribution < 1.29 is 14.3 Å². The molecule has 1 heterocycles. The van der Waals surface area contributed by atoms with Crippen molar-refractivity contribution in [2.75, 3.05) is 13.7 Å². The maximum absolute atomic E-state index is 11.3. The molecule has 0 aromatic heterocycles. The largest absolute Gasteiger partial charge is 0.489 e. The molecule has 4 nitrogen and oxygen atoms in total. The van der Waals surface area contributed by atoms with Crippen LogP contribution >= 0.6 is 11.6 Å². The summed E-state index contributed by atoms with van der Waals surface area (Å²) in [7, 11) is 1.39. The van der Waals surface area contributed by atoms with Gasteiger partial charge >= 0.3 is 5.97 Å². The number of methoxy groups -OCH3 is 1. The topological polar surface area (TPSA) is 47.6 Å². The lowest BCUT2D eigenvalue weighted by Crippen LogP contribution is -2.31. The number of ether oxygens (including phenoxy) is 2. The second-order valence-electron chi connectivity index (χ2n) is 3.91. The minimum Gasteiger partial charge on any atom is -0.489 e. The van der Waals surface area contributed by atoms with Crippen LogP contribution in [-0.4, -0.2) is 31.8 Å². The zero-order valence-corrected chi connectivity index (χ0v) is 10.2. The summed E-state index contributed by atoms with van der Waals surface area (Å²) in [5, 5.41) is 3.74. The van der Waals surface area contributed by atoms with Crippen LogP contribution in [-0.2, 0) is 9.53 Å². The van der Waals surface area contributed by atoms with E-state index < -0.39 is 0 Å². The lowest BCUT2D eigenvalue weighted by atomic mass is 10.2. The third-order valence-corrected chi connectivity index (χ3v) is 2.94. The Morgan fingerprint density at radius 3 is 2.76 bits per heavy atom. The van der Waals surface area contributed by atoms with Crippen molar-refractivity contribution in [1.82, 2.24) is 5.32 Å². The van der Waals surface area contributed by atoms with Crippen molar-refractivity contribution in [3.63, 3.8) is 0 Å². The van der Waals surface area contributed by atoms with E-state index in [1.54, 1.807) is 12.1 Å². The fourth-order valence-electron chi connectivity index (χ4n) is 1.82. The first-order valence-corrected chi connectivity index (χ1v) is 5.80. The quantitative estimate of drug-likeness (QED) is 0.834. The first-order valence-electron chi connectivity index (χ1n) is 5.42. The van der Waals surface area contributed by atoms with Crippen molar-refractivity contribution in [1.29, 1.82) is 0 Å². The summed E-state index contributed by atoms with van der Waals surface area (Å²) in [6, 6.07) is 6.91. The summed E-state index contributed by atoms with van der Waals surface area (Å²) < 4.78 is 10.4. The predicted octanol–water partition coefficient (Wildman–Crippen LogP) is 1.62. The molecule has 1 fully saturated rings. The van der Waals surface area contributed by atoms with Gasteiger partial charge in [-0.1, -0.05) is 11.6 Å². The van der Waals surface area contributed by atoms with Gasteiger partial charge in [0.2, 0.25) is 0 Å². The molecule has 0 amide bonds. The van der Waals surface area contributed by atoms with Crippen molar-refractivity contribution in [3.8, 4) is 5.75 Å². The number of rotatable bonds is 3. The number of nitrogens with one attached hydrogen (secondary N) is 1. The minimum atomic E-state index is -0.266. The first kappa shape index (κ1) is 12.2. The molecule has 1 aromatic rings. The summed E-state index contributed by atoms with van der Waals surface area (Å²) in [6.07, 6.45) is 0.607. The molecule has 0 saturated carbocycles. The monoisotopic (exact) mass is 255 g/mol. The van der Waals surface area contributed by atoms with Gasteiger partial charge in [-0.3, -0.25) is 4.79 Å². The Bertz CT molecular complexity index is 393. The van der Waals surface area contributed by atoms with E-state index in [9.17, 15) is 4.79 Å². The Morgan fingerprint density at radius 1 is 1.41 bits per heavy atom. The van der Waals surface area contributed by atoms with Crippen LogP contribution in [0.2, 0.25) is 5.02 Å². The first-order chi connectivity index (χ1) is 8.19. The van der Waals surface area contributed by atoms with Gasteiger partial charge in [-0.2, -0.15) is 0 Å². The average molecular weight is 256 g/mol. The maximum atomic E-state index is 11.3. The van der Waals surface area contributed by atoms with Crippen molar-refractivity contribution in [2.24, 2.45) is 0 Å². The third kappa shape index (κ3) is 3.11. The van der Waals surface area contributed by atoms with Crippen LogP contribution in [0, 0.1) is 0 Å². The summed E-state index contributed by atoms with van der Waals surface area (Å²) in [4.78, 5) is 11.3. The van der Waals surface area contributed by atoms with E-state index in [-0.39, 0.29) is 18.1 Å². The van der Waals surface area contributed by atoms with Crippen LogP contribution < -0.4 is 10.1 Å². The highest BCUT2D eigenvalue weighted by Crippen LogP contribution is 2.20. The molecule has 2 unspecified atom stereocenters. The molecule has 2 rings (SSSR count). The van der Waals surface area contributed by atoms with Gasteiger partial charge in [0.05, 0.1) is 7.11 Å². The summed E-state index contributed by atoms with van der Waals surface area (Å²) in [5.41, 5.74) is 0. The molecule has 2 atom stereocenters. The lowest BCUT2D eigenvalue weighted by molar-refractivity contribution is -0.142. The Labute approximate surface area is 105 Å². The van der Waals surface area contributed by atoms with Gasteiger partial charge in [-0.05, 0) is 24.3 Å². The fourth-order valence-corrected chi connectivity index (χ4v) is 1.95. The number of carbonyl (C=O) groups excluding carboxylic acids is 1. The molecule has 1 saturated heterocycles. The van der Waals surface area contributed by atoms with Gasteiger partial charge < -0.3 is 14.8 Å². The number of hydrogen-bond acceptors (Lipinski definition) is 4. The van der Waals surface area contributed by atoms with E-state index in [1.165, 1.54) is 7.11 Å². The predicted molar refractivity (Wildman–Crippen MR) is 64.3 cm³/mol. The molecule has 1 aliphatic heterocycles. The van der Waals surface area contributed by atoms with Crippen LogP contribution in [0.15, 0.2) is 24.3 Å². The number of carbonyl (C=O) groups is 1. The molecule has 0 radical (unpaired) electrons. The van der Waals surface area contributed by atoms with Gasteiger partial charge in [-0.15, -0.1) is 0 Å². The Kier molecular flexibility index (Phi) is 3.86. The minimum absolute atomic E-state index is 0.0136. The highest BCUT2D eigenvalue weighted by Gasteiger charge is 2.31. The van der Waals surface area contributed by atoms with Crippen molar-refractivity contribution in [3.05, 3.63) is 29.3 Å². The smallest absolute Gasteiger partial charge is 0.323 e. The zero-order chi connectivity index (χ0) is 12.3. The molecular weight excluding hydrogens is 242 g/mol. The molecule has 17 heavy (non-hydrogen) atoms. The van der Waals surface area contributed by atoms with Crippen LogP contribution in [0.25, 0.3) is 0 Å². The van der Waals surface area contributed by atoms with Gasteiger partial charge in [0.25, 0.3) is 0 Å². The Hall–Kier alpha value is -1.26. The average Bonchev–Trinajstić information content (AvgIpc) is 2.80. The zero-order valence-electron chi connectivity index (χ0n) is 9.48. The highest BCUT2D eigenvalue weighted by atomic mass is 35.5. The van der Waals surface area contributed by atoms with E-state index in [4.69, 9.17) is 16.3 Å². The number of benzene rings is 1. The van der Waals surface area contributed by atoms with Gasteiger partial charge in [0, 0.05) is 18.0 Å². The third-order valence-electron chi connectivity index (χ3n) is 2.69. The van der Waals surface area contributed by atoms with Gasteiger partial charge in [0.15, 0.2) is 0 Å². The Balaban J connectivity index is 1.89. The lowest BCUT2D eigenvalue weighted by Gasteiger charge is -2.12. The standard InChI is InChI=1S/C12H14ClNO3/c1-16-12(15)11-6-10(7-14-11)17-9-4-2-8(13)3-5-9/h2-5,10-11,14H,6-7H2,1H3. The fraction of sp³-hybridized carbons (Fsp3) is 0.417. The molecule has 92 valence electrons. The van der Waals surface area contributed by atoms with Gasteiger partial charge in [-0.25, -0.2) is 0 Å². The summed E-state index contributed by atoms with van der Waals surface area (Å²) >= 11 is 5.78. The highest BCUT2D eigenvalue weighted by molar-refractivity contribution is 6.30. The molecule has 0 bridgehead atoms. The normalized spacial score (nSPS) is 23.4. The van der Waals surface area contributed by atoms with E-state index >= 15 is 0 Å². The molecule has 0 aliphatic carbocycles. The molecular formula is C12H14ClNO3. The molecule has 5 heteroatoms. The number of halogens is 1. The maximum Gasteiger partial charge on any atom is 0.323 e. The second kappa shape index (κ2) is 5.38.